The summed E-state index contributed by atoms with van der Waals surface area (Å²) in [5, 5.41) is 0. The first-order chi connectivity index (χ1) is 22.7. The fourth-order valence-corrected chi connectivity index (χ4v) is 8.61. The van der Waals surface area contributed by atoms with Gasteiger partial charge in [0.1, 0.15) is 0 Å². The summed E-state index contributed by atoms with van der Waals surface area (Å²) < 4.78 is 11.8. The molecule has 0 aromatic heterocycles. The van der Waals surface area contributed by atoms with Crippen LogP contribution in [0.25, 0.3) is 22.3 Å². The second-order valence-corrected chi connectivity index (χ2v) is 16.9. The highest BCUT2D eigenvalue weighted by Gasteiger charge is 2.49. The van der Waals surface area contributed by atoms with Crippen LogP contribution in [0.5, 0.6) is 0 Å². The lowest BCUT2D eigenvalue weighted by molar-refractivity contribution is 0.365. The third-order valence-electron chi connectivity index (χ3n) is 11.4. The van der Waals surface area contributed by atoms with Crippen LogP contribution in [0.2, 0.25) is 0 Å². The molecule has 8 rings (SSSR count). The molecule has 1 saturated heterocycles. The van der Waals surface area contributed by atoms with Crippen LogP contribution in [0, 0.1) is 6.92 Å². The first-order valence-corrected chi connectivity index (χ1v) is 17.6. The van der Waals surface area contributed by atoms with Crippen molar-refractivity contribution >= 4 is 12.6 Å². The Bertz CT molecular complexity index is 2010. The number of fused-ring (bicyclic) bond motifs is 6. The number of benzene rings is 5. The van der Waals surface area contributed by atoms with Gasteiger partial charge in [0, 0.05) is 5.41 Å². The topological polar surface area (TPSA) is 18.5 Å². The van der Waals surface area contributed by atoms with Gasteiger partial charge in [0.15, 0.2) is 0 Å². The average molecular weight is 631 g/mol. The number of rotatable bonds is 3. The monoisotopic (exact) mass is 630 g/mol. The standard InChI is InChI=1S/C45H47BO2/c1-28-10-20-35-37-26-39-36(34-21-19-33(46-47-22-23-48-46)25-38(34)44(39,8)9)27-41(37)45(40(35)24-28,31-15-11-29(12-16-31)42(2,3)4)32-17-13-30(14-18-32)43(5,6)7/h10-21,24-27H,22-23H2,1-9H3. The maximum atomic E-state index is 5.92. The predicted molar refractivity (Wildman–Crippen MR) is 201 cm³/mol. The molecule has 2 nitrogen and oxygen atoms in total. The number of hydrogen-bond acceptors (Lipinski definition) is 2. The molecule has 5 aromatic rings. The zero-order chi connectivity index (χ0) is 33.8. The Balaban J connectivity index is 1.42. The summed E-state index contributed by atoms with van der Waals surface area (Å²) in [6.45, 7) is 22.1. The summed E-state index contributed by atoms with van der Waals surface area (Å²) in [5.74, 6) is 0. The van der Waals surface area contributed by atoms with Gasteiger partial charge in [-0.2, -0.15) is 0 Å². The van der Waals surface area contributed by atoms with Crippen molar-refractivity contribution in [2.45, 2.75) is 84.0 Å². The minimum absolute atomic E-state index is 0.0751. The van der Waals surface area contributed by atoms with E-state index in [1.54, 1.807) is 0 Å². The molecule has 0 N–H and O–H groups in total. The van der Waals surface area contributed by atoms with Gasteiger partial charge in [0.05, 0.1) is 18.6 Å². The highest BCUT2D eigenvalue weighted by Crippen LogP contribution is 2.60. The molecule has 0 unspecified atom stereocenters. The third-order valence-corrected chi connectivity index (χ3v) is 11.4. The van der Waals surface area contributed by atoms with Crippen LogP contribution in [0.3, 0.4) is 0 Å². The van der Waals surface area contributed by atoms with Crippen LogP contribution >= 0.6 is 0 Å². The van der Waals surface area contributed by atoms with E-state index in [0.29, 0.717) is 13.2 Å². The lowest BCUT2D eigenvalue weighted by Gasteiger charge is -2.35. The van der Waals surface area contributed by atoms with Crippen molar-refractivity contribution in [2.75, 3.05) is 13.2 Å². The summed E-state index contributed by atoms with van der Waals surface area (Å²) in [7, 11) is -0.283. The lowest BCUT2D eigenvalue weighted by Crippen LogP contribution is -2.32. The molecule has 2 aliphatic carbocycles. The molecule has 0 atom stereocenters. The van der Waals surface area contributed by atoms with Crippen LogP contribution < -0.4 is 5.46 Å². The van der Waals surface area contributed by atoms with Crippen molar-refractivity contribution in [2.24, 2.45) is 0 Å². The molecule has 0 amide bonds. The van der Waals surface area contributed by atoms with Crippen molar-refractivity contribution in [3.63, 3.8) is 0 Å². The van der Waals surface area contributed by atoms with Crippen LogP contribution in [0.1, 0.15) is 105 Å². The minimum atomic E-state index is -0.461. The Morgan fingerprint density at radius 3 is 1.54 bits per heavy atom. The Morgan fingerprint density at radius 1 is 0.521 bits per heavy atom. The van der Waals surface area contributed by atoms with Gasteiger partial charge in [0.2, 0.25) is 0 Å². The van der Waals surface area contributed by atoms with E-state index in [4.69, 9.17) is 9.31 Å². The Morgan fingerprint density at radius 2 is 0.979 bits per heavy atom. The first kappa shape index (κ1) is 31.4. The van der Waals surface area contributed by atoms with Crippen molar-refractivity contribution in [1.29, 1.82) is 0 Å². The second kappa shape index (κ2) is 10.5. The van der Waals surface area contributed by atoms with Crippen LogP contribution in [-0.2, 0) is 31.0 Å². The second-order valence-electron chi connectivity index (χ2n) is 16.9. The largest absolute Gasteiger partial charge is 0.494 e. The highest BCUT2D eigenvalue weighted by atomic mass is 16.6. The van der Waals surface area contributed by atoms with Gasteiger partial charge in [-0.3, -0.25) is 0 Å². The molecular formula is C45H47BO2. The molecule has 1 heterocycles. The fourth-order valence-electron chi connectivity index (χ4n) is 8.61. The molecule has 1 aliphatic heterocycles. The summed E-state index contributed by atoms with van der Waals surface area (Å²) in [6, 6.07) is 38.0. The Kier molecular flexibility index (Phi) is 6.89. The minimum Gasteiger partial charge on any atom is -0.405 e. The first-order valence-electron chi connectivity index (χ1n) is 17.6. The molecule has 0 radical (unpaired) electrons. The maximum absolute atomic E-state index is 5.92. The summed E-state index contributed by atoms with van der Waals surface area (Å²) in [5.41, 5.74) is 18.0. The molecule has 0 spiro atoms. The Labute approximate surface area is 287 Å². The van der Waals surface area contributed by atoms with E-state index in [1.807, 2.05) is 0 Å². The number of hydrogen-bond donors (Lipinski definition) is 0. The molecular weight excluding hydrogens is 583 g/mol. The summed E-state index contributed by atoms with van der Waals surface area (Å²) >= 11 is 0. The smallest absolute Gasteiger partial charge is 0.405 e. The average Bonchev–Trinajstić information content (AvgIpc) is 3.73. The molecule has 0 saturated carbocycles. The maximum Gasteiger partial charge on any atom is 0.494 e. The van der Waals surface area contributed by atoms with Gasteiger partial charge >= 0.3 is 7.12 Å². The zero-order valence-corrected chi connectivity index (χ0v) is 30.0. The molecule has 5 aromatic carbocycles. The van der Waals surface area contributed by atoms with Crippen molar-refractivity contribution in [3.8, 4) is 22.3 Å². The van der Waals surface area contributed by atoms with Gasteiger partial charge in [-0.25, -0.2) is 0 Å². The molecule has 242 valence electrons. The zero-order valence-electron chi connectivity index (χ0n) is 30.0. The quantitative estimate of drug-likeness (QED) is 0.181. The molecule has 3 aliphatic rings. The van der Waals surface area contributed by atoms with E-state index >= 15 is 0 Å². The van der Waals surface area contributed by atoms with E-state index in [-0.39, 0.29) is 23.4 Å². The number of aryl methyl sites for hydroxylation is 1. The van der Waals surface area contributed by atoms with E-state index in [1.165, 1.54) is 72.3 Å². The molecule has 48 heavy (non-hydrogen) atoms. The highest BCUT2D eigenvalue weighted by molar-refractivity contribution is 6.61. The van der Waals surface area contributed by atoms with Crippen molar-refractivity contribution < 1.29 is 9.31 Å². The van der Waals surface area contributed by atoms with Gasteiger partial charge in [0.25, 0.3) is 0 Å². The van der Waals surface area contributed by atoms with Gasteiger partial charge in [-0.05, 0) is 102 Å². The van der Waals surface area contributed by atoms with E-state index in [2.05, 4.69) is 159 Å². The van der Waals surface area contributed by atoms with E-state index in [9.17, 15) is 0 Å². The van der Waals surface area contributed by atoms with E-state index in [0.717, 1.165) is 5.46 Å². The normalized spacial score (nSPS) is 17.2. The lowest BCUT2D eigenvalue weighted by atomic mass is 9.66. The summed E-state index contributed by atoms with van der Waals surface area (Å²) in [4.78, 5) is 0. The molecule has 1 fully saturated rings. The predicted octanol–water partition coefficient (Wildman–Crippen LogP) is 10.0. The Hall–Kier alpha value is -3.92. The third kappa shape index (κ3) is 4.54. The van der Waals surface area contributed by atoms with Crippen LogP contribution in [-0.4, -0.2) is 20.3 Å². The van der Waals surface area contributed by atoms with Crippen LogP contribution in [0.15, 0.2) is 97.1 Å². The molecule has 0 bridgehead atoms. The van der Waals surface area contributed by atoms with Crippen molar-refractivity contribution in [3.05, 3.63) is 147 Å². The van der Waals surface area contributed by atoms with Gasteiger partial charge < -0.3 is 9.31 Å². The van der Waals surface area contributed by atoms with E-state index < -0.39 is 5.41 Å². The summed E-state index contributed by atoms with van der Waals surface area (Å²) in [6.07, 6.45) is 0. The van der Waals surface area contributed by atoms with Crippen molar-refractivity contribution in [1.82, 2.24) is 0 Å². The van der Waals surface area contributed by atoms with Crippen LogP contribution in [0.4, 0.5) is 0 Å². The van der Waals surface area contributed by atoms with Gasteiger partial charge in [-0.1, -0.05) is 146 Å². The molecule has 3 heteroatoms. The van der Waals surface area contributed by atoms with Gasteiger partial charge in [-0.15, -0.1) is 0 Å². The SMILES string of the molecule is Cc1ccc2c(c1)C(c1ccc(C(C)(C)C)cc1)(c1ccc(C(C)(C)C)cc1)c1cc3c(cc1-2)C(C)(C)c1cc(B2OCCO2)ccc1-3. The fraction of sp³-hybridized carbons (Fsp3) is 0.333.